The van der Waals surface area contributed by atoms with E-state index in [-0.39, 0.29) is 6.42 Å². The van der Waals surface area contributed by atoms with Crippen LogP contribution in [-0.4, -0.2) is 33.8 Å². The van der Waals surface area contributed by atoms with Gasteiger partial charge in [-0.15, -0.1) is 0 Å². The van der Waals surface area contributed by atoms with Gasteiger partial charge in [-0.05, 0) is 68.8 Å². The molecule has 3 aromatic rings. The molecule has 0 spiro atoms. The normalized spacial score (nSPS) is 12.3. The van der Waals surface area contributed by atoms with Crippen LogP contribution in [0.2, 0.25) is 5.02 Å². The molecular weight excluding hydrogens is 420 g/mol. The summed E-state index contributed by atoms with van der Waals surface area (Å²) in [6.07, 6.45) is -0.667. The second-order valence-electron chi connectivity index (χ2n) is 7.97. The zero-order chi connectivity index (χ0) is 22.6. The summed E-state index contributed by atoms with van der Waals surface area (Å²) >= 11 is 5.88. The summed E-state index contributed by atoms with van der Waals surface area (Å²) in [7, 11) is 0. The summed E-state index contributed by atoms with van der Waals surface area (Å²) in [5, 5.41) is 13.3. The molecule has 0 bridgehead atoms. The van der Waals surface area contributed by atoms with Gasteiger partial charge in [0.1, 0.15) is 17.4 Å². The van der Waals surface area contributed by atoms with Gasteiger partial charge in [0.05, 0.1) is 5.52 Å². The fourth-order valence-electron chi connectivity index (χ4n) is 2.85. The van der Waals surface area contributed by atoms with E-state index >= 15 is 0 Å². The molecule has 31 heavy (non-hydrogen) atoms. The number of hydrogen-bond acceptors (Lipinski definition) is 5. The van der Waals surface area contributed by atoms with Crippen molar-refractivity contribution in [2.75, 3.05) is 0 Å². The van der Waals surface area contributed by atoms with Gasteiger partial charge < -0.3 is 19.9 Å². The van der Waals surface area contributed by atoms with E-state index < -0.39 is 23.7 Å². The van der Waals surface area contributed by atoms with Crippen LogP contribution in [0, 0.1) is 0 Å². The number of alkyl carbamates (subject to hydrolysis) is 1. The number of halogens is 1. The zero-order valence-electron chi connectivity index (χ0n) is 17.4. The topological polar surface area (TPSA) is 97.8 Å². The molecule has 0 aliphatic carbocycles. The maximum Gasteiger partial charge on any atom is 0.408 e. The molecule has 1 heterocycles. The molecule has 3 rings (SSSR count). The van der Waals surface area contributed by atoms with Gasteiger partial charge in [0, 0.05) is 22.9 Å². The standard InChI is InChI=1S/C23H23ClN2O5/c1-23(2,3)31-22(29)26-19(21(27)28)13-14-4-10-18-15(12-14)5-11-20(25-18)30-17-8-6-16(24)7-9-17/h4-12,19H,13H2,1-3H3,(H,26,29)(H,27,28). The van der Waals surface area contributed by atoms with Gasteiger partial charge in [-0.25, -0.2) is 14.6 Å². The average Bonchev–Trinajstić information content (AvgIpc) is 2.68. The largest absolute Gasteiger partial charge is 0.480 e. The lowest BCUT2D eigenvalue weighted by Crippen LogP contribution is -2.44. The Bertz CT molecular complexity index is 1090. The Labute approximate surface area is 185 Å². The monoisotopic (exact) mass is 442 g/mol. The highest BCUT2D eigenvalue weighted by molar-refractivity contribution is 6.30. The summed E-state index contributed by atoms with van der Waals surface area (Å²) < 4.78 is 10.9. The van der Waals surface area contributed by atoms with Crippen molar-refractivity contribution in [3.05, 3.63) is 65.2 Å². The first-order chi connectivity index (χ1) is 14.6. The van der Waals surface area contributed by atoms with Crippen molar-refractivity contribution >= 4 is 34.6 Å². The van der Waals surface area contributed by atoms with Crippen molar-refractivity contribution in [2.45, 2.75) is 38.8 Å². The van der Waals surface area contributed by atoms with Crippen molar-refractivity contribution in [2.24, 2.45) is 0 Å². The van der Waals surface area contributed by atoms with E-state index in [1.807, 2.05) is 12.1 Å². The number of aromatic nitrogens is 1. The van der Waals surface area contributed by atoms with Gasteiger partial charge in [0.25, 0.3) is 0 Å². The van der Waals surface area contributed by atoms with Gasteiger partial charge in [-0.2, -0.15) is 0 Å². The van der Waals surface area contributed by atoms with Crippen LogP contribution in [0.5, 0.6) is 11.6 Å². The number of carboxylic acid groups (broad SMARTS) is 1. The number of pyridine rings is 1. The SMILES string of the molecule is CC(C)(C)OC(=O)NC(Cc1ccc2nc(Oc3ccc(Cl)cc3)ccc2c1)C(=O)O. The predicted octanol–water partition coefficient (Wildman–Crippen LogP) is 5.20. The molecule has 162 valence electrons. The molecule has 0 fully saturated rings. The first kappa shape index (κ1) is 22.4. The molecular formula is C23H23ClN2O5. The van der Waals surface area contributed by atoms with Crippen LogP contribution in [0.15, 0.2) is 54.6 Å². The molecule has 1 aromatic heterocycles. The molecule has 0 saturated heterocycles. The van der Waals surface area contributed by atoms with E-state index in [0.29, 0.717) is 22.2 Å². The predicted molar refractivity (Wildman–Crippen MR) is 118 cm³/mol. The summed E-state index contributed by atoms with van der Waals surface area (Å²) in [6.45, 7) is 5.14. The minimum absolute atomic E-state index is 0.105. The molecule has 1 atom stereocenters. The number of ether oxygens (including phenoxy) is 2. The van der Waals surface area contributed by atoms with E-state index in [2.05, 4.69) is 10.3 Å². The second-order valence-corrected chi connectivity index (χ2v) is 8.41. The van der Waals surface area contributed by atoms with Gasteiger partial charge in [-0.1, -0.05) is 17.7 Å². The number of hydrogen-bond donors (Lipinski definition) is 2. The van der Waals surface area contributed by atoms with Gasteiger partial charge in [-0.3, -0.25) is 0 Å². The molecule has 1 amide bonds. The van der Waals surface area contributed by atoms with Crippen LogP contribution in [0.4, 0.5) is 4.79 Å². The third-order valence-electron chi connectivity index (χ3n) is 4.19. The minimum atomic E-state index is -1.14. The summed E-state index contributed by atoms with van der Waals surface area (Å²) in [4.78, 5) is 28.0. The lowest BCUT2D eigenvalue weighted by molar-refractivity contribution is -0.139. The molecule has 0 radical (unpaired) electrons. The molecule has 2 aromatic carbocycles. The number of rotatable bonds is 6. The number of aliphatic carboxylic acids is 1. The summed E-state index contributed by atoms with van der Waals surface area (Å²) in [5.74, 6) is -0.0984. The van der Waals surface area contributed by atoms with Gasteiger partial charge in [0.2, 0.25) is 5.88 Å². The van der Waals surface area contributed by atoms with E-state index in [1.165, 1.54) is 0 Å². The van der Waals surface area contributed by atoms with Gasteiger partial charge in [0.15, 0.2) is 0 Å². The minimum Gasteiger partial charge on any atom is -0.480 e. The van der Waals surface area contributed by atoms with Crippen molar-refractivity contribution < 1.29 is 24.2 Å². The third-order valence-corrected chi connectivity index (χ3v) is 4.44. The molecule has 0 aliphatic heterocycles. The second kappa shape index (κ2) is 9.22. The number of nitrogens with one attached hydrogen (secondary N) is 1. The number of nitrogens with zero attached hydrogens (tertiary/aromatic N) is 1. The smallest absolute Gasteiger partial charge is 0.408 e. The number of fused-ring (bicyclic) bond motifs is 1. The Kier molecular flexibility index (Phi) is 6.65. The number of benzene rings is 2. The fourth-order valence-corrected chi connectivity index (χ4v) is 2.98. The Balaban J connectivity index is 1.72. The number of carbonyl (C=O) groups excluding carboxylic acids is 1. The highest BCUT2D eigenvalue weighted by Gasteiger charge is 2.24. The van der Waals surface area contributed by atoms with E-state index in [9.17, 15) is 14.7 Å². The molecule has 2 N–H and O–H groups in total. The quantitative estimate of drug-likeness (QED) is 0.544. The molecule has 0 aliphatic rings. The fraction of sp³-hybridized carbons (Fsp3) is 0.261. The lowest BCUT2D eigenvalue weighted by atomic mass is 10.0. The van der Waals surface area contributed by atoms with Crippen molar-refractivity contribution in [1.82, 2.24) is 10.3 Å². The Morgan fingerprint density at radius 2 is 1.81 bits per heavy atom. The van der Waals surface area contributed by atoms with Gasteiger partial charge >= 0.3 is 12.1 Å². The average molecular weight is 443 g/mol. The number of amides is 1. The van der Waals surface area contributed by atoms with Crippen LogP contribution < -0.4 is 10.1 Å². The maximum atomic E-state index is 12.0. The van der Waals surface area contributed by atoms with Crippen molar-refractivity contribution in [3.8, 4) is 11.6 Å². The van der Waals surface area contributed by atoms with Crippen molar-refractivity contribution in [3.63, 3.8) is 0 Å². The number of carboxylic acids is 1. The molecule has 0 saturated carbocycles. The Hall–Kier alpha value is -3.32. The highest BCUT2D eigenvalue weighted by Crippen LogP contribution is 2.24. The lowest BCUT2D eigenvalue weighted by Gasteiger charge is -2.22. The number of carbonyl (C=O) groups is 2. The molecule has 8 heteroatoms. The van der Waals surface area contributed by atoms with E-state index in [0.717, 1.165) is 10.9 Å². The highest BCUT2D eigenvalue weighted by atomic mass is 35.5. The Morgan fingerprint density at radius 3 is 2.45 bits per heavy atom. The van der Waals surface area contributed by atoms with Crippen LogP contribution >= 0.6 is 11.6 Å². The van der Waals surface area contributed by atoms with Crippen LogP contribution in [-0.2, 0) is 16.0 Å². The van der Waals surface area contributed by atoms with Crippen LogP contribution in [0.1, 0.15) is 26.3 Å². The van der Waals surface area contributed by atoms with Crippen molar-refractivity contribution in [1.29, 1.82) is 0 Å². The Morgan fingerprint density at radius 1 is 1.10 bits per heavy atom. The third kappa shape index (κ3) is 6.58. The zero-order valence-corrected chi connectivity index (χ0v) is 18.1. The van der Waals surface area contributed by atoms with Crippen LogP contribution in [0.3, 0.4) is 0 Å². The summed E-state index contributed by atoms with van der Waals surface area (Å²) in [5.41, 5.74) is 0.722. The van der Waals surface area contributed by atoms with E-state index in [4.69, 9.17) is 21.1 Å². The van der Waals surface area contributed by atoms with E-state index in [1.54, 1.807) is 63.2 Å². The maximum absolute atomic E-state index is 12.0. The summed E-state index contributed by atoms with van der Waals surface area (Å²) in [6, 6.07) is 14.8. The molecule has 7 nitrogen and oxygen atoms in total. The van der Waals surface area contributed by atoms with Crippen LogP contribution in [0.25, 0.3) is 10.9 Å². The first-order valence-corrected chi connectivity index (χ1v) is 10.0. The first-order valence-electron chi connectivity index (χ1n) is 9.64. The molecule has 1 unspecified atom stereocenters.